The highest BCUT2D eigenvalue weighted by Crippen LogP contribution is 2.30. The Hall–Kier alpha value is -2.95. The Bertz CT molecular complexity index is 878. The van der Waals surface area contributed by atoms with Crippen molar-refractivity contribution >= 4 is 23.1 Å². The molecule has 1 heterocycles. The van der Waals surface area contributed by atoms with Crippen molar-refractivity contribution in [2.75, 3.05) is 7.11 Å². The summed E-state index contributed by atoms with van der Waals surface area (Å²) in [5, 5.41) is 1.07. The average molecular weight is 327 g/mol. The summed E-state index contributed by atoms with van der Waals surface area (Å²) >= 11 is 0. The summed E-state index contributed by atoms with van der Waals surface area (Å²) < 4.78 is 34.2. The van der Waals surface area contributed by atoms with E-state index in [0.717, 1.165) is 22.2 Å². The number of pyridine rings is 1. The first-order valence-electron chi connectivity index (χ1n) is 7.32. The molecule has 0 radical (unpaired) electrons. The van der Waals surface area contributed by atoms with Gasteiger partial charge in [0, 0.05) is 5.39 Å². The maximum absolute atomic E-state index is 12.3. The van der Waals surface area contributed by atoms with Crippen LogP contribution in [0.25, 0.3) is 23.1 Å². The Labute approximate surface area is 138 Å². The highest BCUT2D eigenvalue weighted by Gasteiger charge is 2.10. The topological polar surface area (TPSA) is 31.4 Å². The van der Waals surface area contributed by atoms with Gasteiger partial charge in [0.1, 0.15) is 0 Å². The summed E-state index contributed by atoms with van der Waals surface area (Å²) in [6, 6.07) is 16.6. The van der Waals surface area contributed by atoms with Gasteiger partial charge in [-0.2, -0.15) is 8.78 Å². The molecule has 2 aromatic carbocycles. The summed E-state index contributed by atoms with van der Waals surface area (Å²) in [6.45, 7) is -2.89. The maximum Gasteiger partial charge on any atom is 0.387 e. The van der Waals surface area contributed by atoms with E-state index in [1.54, 1.807) is 12.1 Å². The fraction of sp³-hybridized carbons (Fsp3) is 0.105. The number of hydrogen-bond donors (Lipinski definition) is 0. The lowest BCUT2D eigenvalue weighted by molar-refractivity contribution is -0.0512. The highest BCUT2D eigenvalue weighted by atomic mass is 19.3. The number of alkyl halides is 2. The molecule has 3 aromatic rings. The monoisotopic (exact) mass is 327 g/mol. The van der Waals surface area contributed by atoms with Crippen molar-refractivity contribution in [1.29, 1.82) is 0 Å². The third-order valence-electron chi connectivity index (χ3n) is 3.47. The van der Waals surface area contributed by atoms with Gasteiger partial charge in [-0.25, -0.2) is 4.98 Å². The predicted molar refractivity (Wildman–Crippen MR) is 90.3 cm³/mol. The molecule has 0 amide bonds. The minimum absolute atomic E-state index is 0.00785. The molecule has 0 saturated carbocycles. The van der Waals surface area contributed by atoms with Crippen molar-refractivity contribution in [1.82, 2.24) is 4.98 Å². The molecule has 122 valence electrons. The number of nitrogens with zero attached hydrogens (tertiary/aromatic N) is 1. The van der Waals surface area contributed by atoms with E-state index in [-0.39, 0.29) is 11.5 Å². The van der Waals surface area contributed by atoms with Gasteiger partial charge in [-0.3, -0.25) is 0 Å². The number of rotatable bonds is 5. The smallest absolute Gasteiger partial charge is 0.387 e. The van der Waals surface area contributed by atoms with Crippen molar-refractivity contribution in [2.24, 2.45) is 0 Å². The number of benzene rings is 2. The van der Waals surface area contributed by atoms with Crippen LogP contribution in [0.3, 0.4) is 0 Å². The van der Waals surface area contributed by atoms with Crippen LogP contribution in [-0.4, -0.2) is 18.7 Å². The van der Waals surface area contributed by atoms with Crippen LogP contribution >= 0.6 is 0 Å². The van der Waals surface area contributed by atoms with Gasteiger partial charge in [0.05, 0.1) is 18.3 Å². The van der Waals surface area contributed by atoms with Crippen LogP contribution in [0.5, 0.6) is 11.5 Å². The second kappa shape index (κ2) is 7.08. The summed E-state index contributed by atoms with van der Waals surface area (Å²) in [6.07, 6.45) is 3.70. The third kappa shape index (κ3) is 3.68. The Balaban J connectivity index is 1.84. The molecule has 0 spiro atoms. The Morgan fingerprint density at radius 2 is 1.79 bits per heavy atom. The van der Waals surface area contributed by atoms with E-state index in [1.165, 1.54) is 13.2 Å². The number of ether oxygens (including phenoxy) is 2. The molecule has 0 fully saturated rings. The first-order valence-corrected chi connectivity index (χ1v) is 7.32. The van der Waals surface area contributed by atoms with Gasteiger partial charge >= 0.3 is 6.61 Å². The summed E-state index contributed by atoms with van der Waals surface area (Å²) in [7, 11) is 1.41. The van der Waals surface area contributed by atoms with Crippen molar-refractivity contribution < 1.29 is 18.3 Å². The lowest BCUT2D eigenvalue weighted by Crippen LogP contribution is -2.03. The molecule has 0 aliphatic carbocycles. The number of halogens is 2. The molecule has 0 aliphatic rings. The van der Waals surface area contributed by atoms with Crippen LogP contribution in [0.2, 0.25) is 0 Å². The Kier molecular flexibility index (Phi) is 4.70. The first kappa shape index (κ1) is 15.9. The Morgan fingerprint density at radius 1 is 0.958 bits per heavy atom. The van der Waals surface area contributed by atoms with E-state index in [4.69, 9.17) is 4.74 Å². The van der Waals surface area contributed by atoms with Gasteiger partial charge < -0.3 is 9.47 Å². The van der Waals surface area contributed by atoms with Crippen LogP contribution in [0.4, 0.5) is 8.78 Å². The summed E-state index contributed by atoms with van der Waals surface area (Å²) in [5.41, 5.74) is 2.52. The number of hydrogen-bond acceptors (Lipinski definition) is 3. The molecule has 5 heteroatoms. The quantitative estimate of drug-likeness (QED) is 0.660. The Morgan fingerprint density at radius 3 is 2.58 bits per heavy atom. The molecule has 0 aliphatic heterocycles. The van der Waals surface area contributed by atoms with Crippen molar-refractivity contribution in [3.8, 4) is 11.5 Å². The van der Waals surface area contributed by atoms with Gasteiger partial charge in [-0.15, -0.1) is 0 Å². The van der Waals surface area contributed by atoms with E-state index in [2.05, 4.69) is 9.72 Å². The molecular formula is C19H15F2NO2. The zero-order valence-electron chi connectivity index (χ0n) is 12.9. The molecular weight excluding hydrogens is 312 g/mol. The lowest BCUT2D eigenvalue weighted by Gasteiger charge is -2.10. The molecule has 0 saturated heterocycles. The molecule has 0 bridgehead atoms. The van der Waals surface area contributed by atoms with Crippen LogP contribution in [-0.2, 0) is 0 Å². The SMILES string of the molecule is COc1cc(/C=C/c2ccc3ccccc3n2)ccc1OC(F)F. The number of para-hydroxylation sites is 1. The number of methoxy groups -OCH3 is 1. The van der Waals surface area contributed by atoms with E-state index < -0.39 is 6.61 Å². The third-order valence-corrected chi connectivity index (χ3v) is 3.47. The largest absolute Gasteiger partial charge is 0.493 e. The van der Waals surface area contributed by atoms with Crippen molar-refractivity contribution in [3.05, 3.63) is 65.9 Å². The average Bonchev–Trinajstić information content (AvgIpc) is 2.60. The predicted octanol–water partition coefficient (Wildman–Crippen LogP) is 5.02. The van der Waals surface area contributed by atoms with Gasteiger partial charge in [-0.05, 0) is 35.9 Å². The van der Waals surface area contributed by atoms with Crippen molar-refractivity contribution in [3.63, 3.8) is 0 Å². The fourth-order valence-corrected chi connectivity index (χ4v) is 2.34. The molecule has 3 nitrogen and oxygen atoms in total. The van der Waals surface area contributed by atoms with Gasteiger partial charge in [0.15, 0.2) is 11.5 Å². The second-order valence-corrected chi connectivity index (χ2v) is 5.05. The molecule has 3 rings (SSSR count). The van der Waals surface area contributed by atoms with E-state index in [9.17, 15) is 8.78 Å². The standard InChI is InChI=1S/C19H15F2NO2/c1-23-18-12-13(7-11-17(18)24-19(20)21)6-9-15-10-8-14-4-2-3-5-16(14)22-15/h2-12,19H,1H3/b9-6+. The number of fused-ring (bicyclic) bond motifs is 1. The van der Waals surface area contributed by atoms with Gasteiger partial charge in [0.25, 0.3) is 0 Å². The molecule has 0 N–H and O–H groups in total. The first-order chi connectivity index (χ1) is 11.7. The number of aromatic nitrogens is 1. The minimum Gasteiger partial charge on any atom is -0.493 e. The van der Waals surface area contributed by atoms with Crippen LogP contribution < -0.4 is 9.47 Å². The highest BCUT2D eigenvalue weighted by molar-refractivity contribution is 5.80. The molecule has 0 atom stereocenters. The van der Waals surface area contributed by atoms with Crippen LogP contribution in [0, 0.1) is 0 Å². The van der Waals surface area contributed by atoms with Crippen LogP contribution in [0.1, 0.15) is 11.3 Å². The van der Waals surface area contributed by atoms with E-state index >= 15 is 0 Å². The minimum atomic E-state index is -2.89. The fourth-order valence-electron chi connectivity index (χ4n) is 2.34. The van der Waals surface area contributed by atoms with Crippen molar-refractivity contribution in [2.45, 2.75) is 6.61 Å². The normalized spacial score (nSPS) is 11.3. The second-order valence-electron chi connectivity index (χ2n) is 5.05. The lowest BCUT2D eigenvalue weighted by atomic mass is 10.1. The summed E-state index contributed by atoms with van der Waals surface area (Å²) in [5.74, 6) is 0.261. The molecule has 24 heavy (non-hydrogen) atoms. The zero-order chi connectivity index (χ0) is 16.9. The van der Waals surface area contributed by atoms with E-state index in [0.29, 0.717) is 0 Å². The maximum atomic E-state index is 12.3. The zero-order valence-corrected chi connectivity index (χ0v) is 12.9. The van der Waals surface area contributed by atoms with Crippen LogP contribution in [0.15, 0.2) is 54.6 Å². The molecule has 1 aromatic heterocycles. The van der Waals surface area contributed by atoms with Gasteiger partial charge in [0.2, 0.25) is 0 Å². The summed E-state index contributed by atoms with van der Waals surface area (Å²) in [4.78, 5) is 4.55. The molecule has 0 unspecified atom stereocenters. The van der Waals surface area contributed by atoms with E-state index in [1.807, 2.05) is 48.6 Å². The van der Waals surface area contributed by atoms with Gasteiger partial charge in [-0.1, -0.05) is 36.4 Å².